The van der Waals surface area contributed by atoms with E-state index in [2.05, 4.69) is 24.3 Å². The fraction of sp³-hybridized carbons (Fsp3) is 0.727. The molecular weight excluding hydrogens is 220 g/mol. The van der Waals surface area contributed by atoms with E-state index in [0.717, 1.165) is 11.5 Å². The highest BCUT2D eigenvalue weighted by atomic mass is 16.5. The van der Waals surface area contributed by atoms with Crippen LogP contribution in [0.1, 0.15) is 25.6 Å². The lowest BCUT2D eigenvalue weighted by Crippen LogP contribution is -2.16. The highest BCUT2D eigenvalue weighted by Crippen LogP contribution is 2.24. The predicted octanol–water partition coefficient (Wildman–Crippen LogP) is 0.775. The summed E-state index contributed by atoms with van der Waals surface area (Å²) in [5.74, 6) is 0.838. The van der Waals surface area contributed by atoms with Crippen molar-refractivity contribution in [2.45, 2.75) is 26.8 Å². The molecule has 0 atom stereocenters. The minimum absolute atomic E-state index is 0.0468. The molecule has 0 aliphatic heterocycles. The number of aryl methyl sites for hydroxylation is 1. The van der Waals surface area contributed by atoms with E-state index in [9.17, 15) is 0 Å². The first-order chi connectivity index (χ1) is 8.07. The average molecular weight is 242 g/mol. The van der Waals surface area contributed by atoms with E-state index in [1.807, 2.05) is 11.6 Å². The topological polar surface area (TPSA) is 85.3 Å². The molecule has 1 heterocycles. The van der Waals surface area contributed by atoms with Crippen LogP contribution < -0.4 is 11.1 Å². The van der Waals surface area contributed by atoms with Gasteiger partial charge in [-0.2, -0.15) is 5.10 Å². The monoisotopic (exact) mass is 242 g/mol. The molecule has 0 aromatic carbocycles. The summed E-state index contributed by atoms with van der Waals surface area (Å²) in [7, 11) is 0. The lowest BCUT2D eigenvalue weighted by atomic mass is 10.3. The zero-order valence-corrected chi connectivity index (χ0v) is 10.7. The van der Waals surface area contributed by atoms with Gasteiger partial charge in [0.05, 0.1) is 31.2 Å². The quantitative estimate of drug-likeness (QED) is 0.615. The molecule has 0 aliphatic carbocycles. The molecule has 6 heteroatoms. The van der Waals surface area contributed by atoms with Gasteiger partial charge in [-0.15, -0.1) is 0 Å². The van der Waals surface area contributed by atoms with Crippen molar-refractivity contribution in [1.29, 1.82) is 0 Å². The first-order valence-electron chi connectivity index (χ1n) is 5.85. The summed E-state index contributed by atoms with van der Waals surface area (Å²) in [4.78, 5) is 0. The van der Waals surface area contributed by atoms with Crippen molar-refractivity contribution in [3.63, 3.8) is 0 Å². The van der Waals surface area contributed by atoms with Gasteiger partial charge in [0, 0.05) is 12.6 Å². The van der Waals surface area contributed by atoms with Crippen LogP contribution in [-0.4, -0.2) is 41.3 Å². The summed E-state index contributed by atoms with van der Waals surface area (Å²) in [6.45, 7) is 7.58. The maximum Gasteiger partial charge on any atom is 0.148 e. The summed E-state index contributed by atoms with van der Waals surface area (Å²) in [5.41, 5.74) is 7.47. The molecule has 0 saturated carbocycles. The fourth-order valence-corrected chi connectivity index (χ4v) is 1.52. The van der Waals surface area contributed by atoms with Crippen molar-refractivity contribution in [1.82, 2.24) is 9.78 Å². The third-order valence-electron chi connectivity index (χ3n) is 2.40. The molecule has 0 fully saturated rings. The van der Waals surface area contributed by atoms with Crippen LogP contribution in [0.5, 0.6) is 0 Å². The van der Waals surface area contributed by atoms with E-state index in [-0.39, 0.29) is 12.6 Å². The number of aliphatic hydroxyl groups excluding tert-OH is 1. The number of nitrogen functional groups attached to an aromatic ring is 1. The zero-order chi connectivity index (χ0) is 12.8. The van der Waals surface area contributed by atoms with E-state index in [1.54, 1.807) is 0 Å². The van der Waals surface area contributed by atoms with Gasteiger partial charge in [-0.05, 0) is 20.8 Å². The Bertz CT molecular complexity index is 349. The smallest absolute Gasteiger partial charge is 0.148 e. The third-order valence-corrected chi connectivity index (χ3v) is 2.40. The predicted molar refractivity (Wildman–Crippen MR) is 68.2 cm³/mol. The molecule has 6 nitrogen and oxygen atoms in total. The van der Waals surface area contributed by atoms with Crippen molar-refractivity contribution >= 4 is 11.5 Å². The van der Waals surface area contributed by atoms with E-state index >= 15 is 0 Å². The molecule has 0 amide bonds. The van der Waals surface area contributed by atoms with E-state index in [4.69, 9.17) is 15.6 Å². The molecule has 0 saturated heterocycles. The van der Waals surface area contributed by atoms with Crippen LogP contribution in [0.25, 0.3) is 0 Å². The number of aromatic nitrogens is 2. The molecule has 0 unspecified atom stereocenters. The number of aliphatic hydroxyl groups is 1. The Hall–Kier alpha value is -1.27. The number of hydrogen-bond acceptors (Lipinski definition) is 5. The highest BCUT2D eigenvalue weighted by Gasteiger charge is 2.13. The molecule has 17 heavy (non-hydrogen) atoms. The summed E-state index contributed by atoms with van der Waals surface area (Å²) < 4.78 is 7.04. The van der Waals surface area contributed by atoms with Crippen LogP contribution in [0.4, 0.5) is 11.5 Å². The number of hydrogen-bond donors (Lipinski definition) is 3. The van der Waals surface area contributed by atoms with Gasteiger partial charge in [-0.3, -0.25) is 0 Å². The standard InChI is InChI=1S/C11H22N4O2/c1-8(2)15-11(10(12)9(3)14-15)13-4-6-17-7-5-16/h8,13,16H,4-7,12H2,1-3H3. The van der Waals surface area contributed by atoms with Gasteiger partial charge in [-0.25, -0.2) is 4.68 Å². The fourth-order valence-electron chi connectivity index (χ4n) is 1.52. The van der Waals surface area contributed by atoms with Gasteiger partial charge in [0.1, 0.15) is 5.82 Å². The van der Waals surface area contributed by atoms with Crippen molar-refractivity contribution in [3.8, 4) is 0 Å². The summed E-state index contributed by atoms with van der Waals surface area (Å²) in [6.07, 6.45) is 0. The Balaban J connectivity index is 2.57. The van der Waals surface area contributed by atoms with Gasteiger partial charge in [0.25, 0.3) is 0 Å². The first-order valence-corrected chi connectivity index (χ1v) is 5.85. The van der Waals surface area contributed by atoms with Crippen molar-refractivity contribution < 1.29 is 9.84 Å². The number of anilines is 2. The molecule has 0 aliphatic rings. The molecule has 1 aromatic rings. The average Bonchev–Trinajstić information content (AvgIpc) is 2.57. The van der Waals surface area contributed by atoms with Gasteiger partial charge >= 0.3 is 0 Å². The number of nitrogens with one attached hydrogen (secondary N) is 1. The van der Waals surface area contributed by atoms with Crippen molar-refractivity contribution in [2.75, 3.05) is 37.4 Å². The SMILES string of the molecule is Cc1nn(C(C)C)c(NCCOCCO)c1N. The van der Waals surface area contributed by atoms with Crippen LogP contribution in [0.15, 0.2) is 0 Å². The maximum atomic E-state index is 8.57. The largest absolute Gasteiger partial charge is 0.394 e. The molecule has 98 valence electrons. The van der Waals surface area contributed by atoms with Gasteiger partial charge in [-0.1, -0.05) is 0 Å². The summed E-state index contributed by atoms with van der Waals surface area (Å²) in [5, 5.41) is 16.2. The second-order valence-electron chi connectivity index (χ2n) is 4.15. The lowest BCUT2D eigenvalue weighted by molar-refractivity contribution is 0.0991. The second-order valence-corrected chi connectivity index (χ2v) is 4.15. The zero-order valence-electron chi connectivity index (χ0n) is 10.7. The third kappa shape index (κ3) is 3.61. The summed E-state index contributed by atoms with van der Waals surface area (Å²) in [6, 6.07) is 0.256. The Morgan fingerprint density at radius 1 is 1.47 bits per heavy atom. The van der Waals surface area contributed by atoms with Crippen LogP contribution in [0.3, 0.4) is 0 Å². The van der Waals surface area contributed by atoms with E-state index in [0.29, 0.717) is 25.4 Å². The lowest BCUT2D eigenvalue weighted by Gasteiger charge is -2.13. The number of nitrogens with zero attached hydrogens (tertiary/aromatic N) is 2. The normalized spacial score (nSPS) is 11.1. The van der Waals surface area contributed by atoms with Crippen molar-refractivity contribution in [2.24, 2.45) is 0 Å². The van der Waals surface area contributed by atoms with Gasteiger partial charge < -0.3 is 20.9 Å². The van der Waals surface area contributed by atoms with Crippen molar-refractivity contribution in [3.05, 3.63) is 5.69 Å². The van der Waals surface area contributed by atoms with Crippen LogP contribution >= 0.6 is 0 Å². The van der Waals surface area contributed by atoms with E-state index in [1.165, 1.54) is 0 Å². The Labute approximate surface area is 102 Å². The molecule has 0 spiro atoms. The van der Waals surface area contributed by atoms with E-state index < -0.39 is 0 Å². The summed E-state index contributed by atoms with van der Waals surface area (Å²) >= 11 is 0. The second kappa shape index (κ2) is 6.46. The minimum Gasteiger partial charge on any atom is -0.394 e. The number of nitrogens with two attached hydrogens (primary N) is 1. The molecule has 4 N–H and O–H groups in total. The van der Waals surface area contributed by atoms with Gasteiger partial charge in [0.15, 0.2) is 0 Å². The minimum atomic E-state index is 0.0468. The van der Waals surface area contributed by atoms with Gasteiger partial charge in [0.2, 0.25) is 0 Å². The Kier molecular flexibility index (Phi) is 5.24. The Morgan fingerprint density at radius 2 is 2.18 bits per heavy atom. The number of ether oxygens (including phenoxy) is 1. The first kappa shape index (κ1) is 13.8. The Morgan fingerprint density at radius 3 is 2.76 bits per heavy atom. The molecule has 1 rings (SSSR count). The van der Waals surface area contributed by atoms with Crippen LogP contribution in [0, 0.1) is 6.92 Å². The molecule has 0 radical (unpaired) electrons. The van der Waals surface area contributed by atoms with Crippen LogP contribution in [0.2, 0.25) is 0 Å². The van der Waals surface area contributed by atoms with Crippen LogP contribution in [-0.2, 0) is 4.74 Å². The maximum absolute atomic E-state index is 8.57. The highest BCUT2D eigenvalue weighted by molar-refractivity contribution is 5.64. The molecule has 0 bridgehead atoms. The molecule has 1 aromatic heterocycles. The molecular formula is C11H22N4O2. The number of rotatable bonds is 7.